The van der Waals surface area contributed by atoms with Crippen LogP contribution in [-0.2, 0) is 11.8 Å². The zero-order valence-electron chi connectivity index (χ0n) is 15.5. The third kappa shape index (κ3) is 1.64. The molecular weight excluding hydrogens is 326 g/mol. The van der Waals surface area contributed by atoms with Gasteiger partial charge in [0.15, 0.2) is 11.5 Å². The van der Waals surface area contributed by atoms with Crippen molar-refractivity contribution in [1.29, 1.82) is 0 Å². The van der Waals surface area contributed by atoms with E-state index in [1.807, 2.05) is 6.07 Å². The number of benzene rings is 1. The van der Waals surface area contributed by atoms with Crippen molar-refractivity contribution in [2.75, 3.05) is 20.2 Å². The molecular formula is C22H27NO3. The zero-order chi connectivity index (χ0) is 17.7. The number of likely N-dealkylation sites (tertiary alicyclic amines) is 1. The maximum absolute atomic E-state index is 12.2. The second-order valence-corrected chi connectivity index (χ2v) is 9.09. The number of piperidine rings is 1. The molecule has 6 rings (SSSR count). The van der Waals surface area contributed by atoms with Crippen LogP contribution in [-0.4, -0.2) is 48.0 Å². The van der Waals surface area contributed by atoms with Crippen molar-refractivity contribution in [2.45, 2.75) is 61.7 Å². The van der Waals surface area contributed by atoms with Gasteiger partial charge in [-0.15, -0.1) is 0 Å². The number of hydrogen-bond acceptors (Lipinski definition) is 4. The van der Waals surface area contributed by atoms with Crippen molar-refractivity contribution >= 4 is 0 Å². The molecule has 2 saturated carbocycles. The van der Waals surface area contributed by atoms with Crippen molar-refractivity contribution in [3.8, 4) is 11.5 Å². The van der Waals surface area contributed by atoms with E-state index in [-0.39, 0.29) is 17.6 Å². The van der Waals surface area contributed by atoms with E-state index < -0.39 is 5.60 Å². The first-order chi connectivity index (χ1) is 12.6. The molecule has 3 fully saturated rings. The number of methoxy groups -OCH3 is 1. The molecule has 0 radical (unpaired) electrons. The van der Waals surface area contributed by atoms with Gasteiger partial charge < -0.3 is 14.6 Å². The van der Waals surface area contributed by atoms with Gasteiger partial charge in [0.05, 0.1) is 18.1 Å². The Morgan fingerprint density at radius 2 is 2.19 bits per heavy atom. The predicted molar refractivity (Wildman–Crippen MR) is 98.8 cm³/mol. The van der Waals surface area contributed by atoms with E-state index >= 15 is 0 Å². The molecule has 26 heavy (non-hydrogen) atoms. The monoisotopic (exact) mass is 353 g/mol. The molecule has 1 saturated heterocycles. The predicted octanol–water partition coefficient (Wildman–Crippen LogP) is 2.82. The van der Waals surface area contributed by atoms with Crippen LogP contribution in [0.2, 0.25) is 0 Å². The Morgan fingerprint density at radius 1 is 1.35 bits per heavy atom. The van der Waals surface area contributed by atoms with Gasteiger partial charge in [-0.05, 0) is 68.2 Å². The van der Waals surface area contributed by atoms with Crippen LogP contribution < -0.4 is 9.47 Å². The molecule has 1 spiro atoms. The van der Waals surface area contributed by atoms with E-state index in [0.717, 1.165) is 61.8 Å². The molecule has 0 aromatic heterocycles. The van der Waals surface area contributed by atoms with Gasteiger partial charge >= 0.3 is 0 Å². The van der Waals surface area contributed by atoms with Crippen LogP contribution in [0.25, 0.3) is 0 Å². The molecule has 3 aliphatic carbocycles. The minimum Gasteiger partial charge on any atom is -0.493 e. The smallest absolute Gasteiger partial charge is 0.166 e. The fourth-order valence-corrected chi connectivity index (χ4v) is 6.54. The molecule has 4 heteroatoms. The van der Waals surface area contributed by atoms with Crippen LogP contribution >= 0.6 is 0 Å². The zero-order valence-corrected chi connectivity index (χ0v) is 15.5. The number of ether oxygens (including phenoxy) is 2. The van der Waals surface area contributed by atoms with Crippen LogP contribution in [0, 0.1) is 5.92 Å². The first-order valence-corrected chi connectivity index (χ1v) is 10.1. The van der Waals surface area contributed by atoms with Gasteiger partial charge in [0.25, 0.3) is 0 Å². The van der Waals surface area contributed by atoms with Gasteiger partial charge in [-0.25, -0.2) is 0 Å². The van der Waals surface area contributed by atoms with Gasteiger partial charge in [0.1, 0.15) is 6.10 Å². The van der Waals surface area contributed by atoms with Crippen molar-refractivity contribution in [2.24, 2.45) is 5.92 Å². The van der Waals surface area contributed by atoms with Crippen LogP contribution in [0.4, 0.5) is 0 Å². The Balaban J connectivity index is 1.57. The molecule has 138 valence electrons. The summed E-state index contributed by atoms with van der Waals surface area (Å²) in [5.41, 5.74) is 2.64. The number of nitrogens with zero attached hydrogens (tertiary/aromatic N) is 1. The average molecular weight is 353 g/mol. The lowest BCUT2D eigenvalue weighted by molar-refractivity contribution is -0.174. The summed E-state index contributed by atoms with van der Waals surface area (Å²) in [5, 5.41) is 12.2. The van der Waals surface area contributed by atoms with Crippen molar-refractivity contribution in [3.05, 3.63) is 35.4 Å². The Labute approximate surface area is 154 Å². The number of hydrogen-bond donors (Lipinski definition) is 1. The first kappa shape index (κ1) is 15.5. The van der Waals surface area contributed by atoms with Crippen molar-refractivity contribution in [3.63, 3.8) is 0 Å². The Bertz CT molecular complexity index is 816. The number of aliphatic hydroxyl groups is 1. The molecule has 4 atom stereocenters. The molecule has 1 unspecified atom stereocenters. The highest BCUT2D eigenvalue weighted by molar-refractivity contribution is 5.64. The minimum atomic E-state index is -0.726. The summed E-state index contributed by atoms with van der Waals surface area (Å²) < 4.78 is 12.1. The summed E-state index contributed by atoms with van der Waals surface area (Å²) in [6.07, 6.45) is 6.11. The topological polar surface area (TPSA) is 41.9 Å². The lowest BCUT2D eigenvalue weighted by atomic mass is 9.48. The fraction of sp³-hybridized carbons (Fsp3) is 0.636. The molecule has 1 aromatic carbocycles. The third-order valence-electron chi connectivity index (χ3n) is 7.92. The standard InChI is InChI=1S/C22H27NO3/c1-13-7-8-22(24)17-11-15-5-6-16(25-2)19-18(15)21(22,20(13)26-19)9-10-23(17)12-14-3-4-14/h5-6,14,17,20,24H,1,3-4,7-12H2,2H3/t17?,20-,21-,22+/m0/s1. The van der Waals surface area contributed by atoms with E-state index in [0.29, 0.717) is 0 Å². The Kier molecular flexibility index (Phi) is 2.89. The van der Waals surface area contributed by atoms with E-state index in [1.54, 1.807) is 7.11 Å². The van der Waals surface area contributed by atoms with Crippen LogP contribution in [0.5, 0.6) is 11.5 Å². The second-order valence-electron chi connectivity index (χ2n) is 9.09. The highest BCUT2D eigenvalue weighted by Crippen LogP contribution is 2.66. The summed E-state index contributed by atoms with van der Waals surface area (Å²) in [6, 6.07) is 4.44. The normalized spacial score (nSPS) is 40.2. The quantitative estimate of drug-likeness (QED) is 0.849. The lowest BCUT2D eigenvalue weighted by Crippen LogP contribution is -2.75. The van der Waals surface area contributed by atoms with Crippen molar-refractivity contribution in [1.82, 2.24) is 4.90 Å². The maximum atomic E-state index is 12.2. The van der Waals surface area contributed by atoms with Crippen LogP contribution in [0.1, 0.15) is 43.2 Å². The summed E-state index contributed by atoms with van der Waals surface area (Å²) in [5.74, 6) is 2.50. The largest absolute Gasteiger partial charge is 0.493 e. The highest BCUT2D eigenvalue weighted by Gasteiger charge is 2.71. The van der Waals surface area contributed by atoms with E-state index in [9.17, 15) is 5.11 Å². The number of rotatable bonds is 3. The molecule has 2 heterocycles. The SMILES string of the molecule is C=C1CC[C@@]2(O)C3Cc4ccc(OC)c5c4[C@@]2(CCN3CC2CC2)[C@H]1O5. The molecule has 2 aliphatic heterocycles. The third-order valence-corrected chi connectivity index (χ3v) is 7.92. The summed E-state index contributed by atoms with van der Waals surface area (Å²) in [4.78, 5) is 2.60. The van der Waals surface area contributed by atoms with E-state index in [1.165, 1.54) is 24.0 Å². The van der Waals surface area contributed by atoms with E-state index in [4.69, 9.17) is 9.47 Å². The average Bonchev–Trinajstić information content (AvgIpc) is 3.37. The van der Waals surface area contributed by atoms with Gasteiger partial charge in [-0.2, -0.15) is 0 Å². The molecule has 0 amide bonds. The molecule has 4 nitrogen and oxygen atoms in total. The first-order valence-electron chi connectivity index (χ1n) is 10.1. The van der Waals surface area contributed by atoms with Gasteiger partial charge in [-0.1, -0.05) is 12.6 Å². The van der Waals surface area contributed by atoms with Gasteiger partial charge in [-0.3, -0.25) is 4.90 Å². The van der Waals surface area contributed by atoms with Crippen LogP contribution in [0.15, 0.2) is 24.3 Å². The summed E-state index contributed by atoms with van der Waals surface area (Å²) >= 11 is 0. The Hall–Kier alpha value is -1.52. The summed E-state index contributed by atoms with van der Waals surface area (Å²) in [7, 11) is 1.70. The Morgan fingerprint density at radius 3 is 2.96 bits per heavy atom. The minimum absolute atomic E-state index is 0.114. The molecule has 2 bridgehead atoms. The summed E-state index contributed by atoms with van der Waals surface area (Å²) in [6.45, 7) is 6.54. The van der Waals surface area contributed by atoms with Crippen molar-refractivity contribution < 1.29 is 14.6 Å². The van der Waals surface area contributed by atoms with Crippen LogP contribution in [0.3, 0.4) is 0 Å². The van der Waals surface area contributed by atoms with Gasteiger partial charge in [0, 0.05) is 18.2 Å². The van der Waals surface area contributed by atoms with Gasteiger partial charge in [0.2, 0.25) is 0 Å². The molecule has 5 aliphatic rings. The lowest BCUT2D eigenvalue weighted by Gasteiger charge is -2.63. The molecule has 1 aromatic rings. The fourth-order valence-electron chi connectivity index (χ4n) is 6.54. The second kappa shape index (κ2) is 4.85. The highest BCUT2D eigenvalue weighted by atomic mass is 16.5. The molecule has 1 N–H and O–H groups in total. The maximum Gasteiger partial charge on any atom is 0.166 e. The van der Waals surface area contributed by atoms with E-state index in [2.05, 4.69) is 17.5 Å².